The Morgan fingerprint density at radius 1 is 1.47 bits per heavy atom. The molecule has 1 atom stereocenters. The summed E-state index contributed by atoms with van der Waals surface area (Å²) in [6, 6.07) is 6.02. The second kappa shape index (κ2) is 6.33. The van der Waals surface area contributed by atoms with Crippen molar-refractivity contribution < 1.29 is 13.9 Å². The van der Waals surface area contributed by atoms with E-state index in [-0.39, 0.29) is 11.8 Å². The Hall–Kier alpha value is -1.89. The van der Waals surface area contributed by atoms with Gasteiger partial charge in [0.15, 0.2) is 5.16 Å². The van der Waals surface area contributed by atoms with E-state index in [4.69, 9.17) is 4.74 Å². The van der Waals surface area contributed by atoms with Crippen LogP contribution in [0.5, 0.6) is 0 Å². The van der Waals surface area contributed by atoms with Crippen LogP contribution in [0.2, 0.25) is 0 Å². The minimum absolute atomic E-state index is 0.304. The summed E-state index contributed by atoms with van der Waals surface area (Å²) >= 11 is 1.23. The Kier molecular flexibility index (Phi) is 4.51. The number of ether oxygens (including phenoxy) is 1. The molecule has 2 rings (SSSR count). The molecule has 0 spiro atoms. The summed E-state index contributed by atoms with van der Waals surface area (Å²) < 4.78 is 17.6. The molecule has 7 heteroatoms. The van der Waals surface area contributed by atoms with Crippen LogP contribution in [0, 0.1) is 5.82 Å². The minimum atomic E-state index is -0.455. The molecule has 0 unspecified atom stereocenters. The van der Waals surface area contributed by atoms with Gasteiger partial charge in [-0.05, 0) is 24.1 Å². The summed E-state index contributed by atoms with van der Waals surface area (Å²) in [4.78, 5) is 15.7. The molecule has 0 aliphatic rings. The van der Waals surface area contributed by atoms with E-state index >= 15 is 0 Å². The number of methoxy groups -OCH3 is 1. The molecule has 0 aliphatic carbocycles. The van der Waals surface area contributed by atoms with E-state index in [1.54, 1.807) is 12.1 Å². The first kappa shape index (κ1) is 13.5. The molecule has 2 aromatic rings. The Balaban J connectivity index is 2.09. The maximum absolute atomic E-state index is 12.8. The van der Waals surface area contributed by atoms with Gasteiger partial charge in [0.05, 0.1) is 7.11 Å². The van der Waals surface area contributed by atoms with Crippen LogP contribution < -0.4 is 0 Å². The van der Waals surface area contributed by atoms with E-state index in [1.807, 2.05) is 0 Å². The van der Waals surface area contributed by atoms with Crippen LogP contribution in [0.15, 0.2) is 35.7 Å². The lowest BCUT2D eigenvalue weighted by Gasteiger charge is -2.12. The molecule has 1 N–H and O–H groups in total. The number of esters is 1. The van der Waals surface area contributed by atoms with Crippen LogP contribution in [0.25, 0.3) is 0 Å². The summed E-state index contributed by atoms with van der Waals surface area (Å²) in [6.07, 6.45) is 1.80. The van der Waals surface area contributed by atoms with Crippen molar-refractivity contribution in [3.8, 4) is 0 Å². The predicted octanol–water partition coefficient (Wildman–Crippen LogP) is 1.82. The highest BCUT2D eigenvalue weighted by Crippen LogP contribution is 2.23. The van der Waals surface area contributed by atoms with E-state index in [9.17, 15) is 9.18 Å². The lowest BCUT2D eigenvalue weighted by molar-refractivity contribution is -0.139. The van der Waals surface area contributed by atoms with Gasteiger partial charge in [-0.2, -0.15) is 5.10 Å². The van der Waals surface area contributed by atoms with E-state index in [0.717, 1.165) is 5.56 Å². The van der Waals surface area contributed by atoms with Crippen LogP contribution in [0.1, 0.15) is 5.56 Å². The number of carbonyl (C=O) groups excluding carboxylic acids is 1. The molecule has 0 amide bonds. The van der Waals surface area contributed by atoms with Crippen molar-refractivity contribution in [3.05, 3.63) is 42.0 Å². The predicted molar refractivity (Wildman–Crippen MR) is 68.1 cm³/mol. The molecule has 0 saturated carbocycles. The number of aromatic nitrogens is 3. The maximum Gasteiger partial charge on any atom is 0.319 e. The molecule has 0 radical (unpaired) electrons. The van der Waals surface area contributed by atoms with Gasteiger partial charge in [0.1, 0.15) is 17.4 Å². The molecule has 0 bridgehead atoms. The van der Waals surface area contributed by atoms with Gasteiger partial charge >= 0.3 is 5.97 Å². The molecule has 1 aromatic carbocycles. The number of carbonyl (C=O) groups is 1. The lowest BCUT2D eigenvalue weighted by Crippen LogP contribution is -2.21. The zero-order valence-corrected chi connectivity index (χ0v) is 11.0. The summed E-state index contributed by atoms with van der Waals surface area (Å²) in [6.45, 7) is 0. The van der Waals surface area contributed by atoms with Gasteiger partial charge in [-0.3, -0.25) is 9.89 Å². The smallest absolute Gasteiger partial charge is 0.319 e. The first-order valence-corrected chi connectivity index (χ1v) is 6.41. The van der Waals surface area contributed by atoms with E-state index in [0.29, 0.717) is 11.6 Å². The van der Waals surface area contributed by atoms with Gasteiger partial charge in [0, 0.05) is 0 Å². The number of hydrogen-bond acceptors (Lipinski definition) is 5. The van der Waals surface area contributed by atoms with Gasteiger partial charge in [0.2, 0.25) is 0 Å². The number of nitrogens with zero attached hydrogens (tertiary/aromatic N) is 2. The van der Waals surface area contributed by atoms with Gasteiger partial charge in [-0.1, -0.05) is 23.9 Å². The zero-order chi connectivity index (χ0) is 13.7. The van der Waals surface area contributed by atoms with Crippen LogP contribution >= 0.6 is 11.8 Å². The van der Waals surface area contributed by atoms with Crippen LogP contribution in [0.3, 0.4) is 0 Å². The highest BCUT2D eigenvalue weighted by atomic mass is 32.2. The SMILES string of the molecule is COC(=O)[C@H](Cc1ccc(F)cc1)Sc1ncn[nH]1. The fourth-order valence-corrected chi connectivity index (χ4v) is 2.48. The number of H-pyrrole nitrogens is 1. The second-order valence-corrected chi connectivity index (χ2v) is 4.94. The third kappa shape index (κ3) is 3.78. The van der Waals surface area contributed by atoms with Gasteiger partial charge in [0.25, 0.3) is 0 Å². The van der Waals surface area contributed by atoms with Crippen LogP contribution in [-0.2, 0) is 16.0 Å². The number of nitrogens with one attached hydrogen (secondary N) is 1. The van der Waals surface area contributed by atoms with E-state index < -0.39 is 5.25 Å². The standard InChI is InChI=1S/C12H12FN3O2S/c1-18-11(17)10(19-12-14-7-15-16-12)6-8-2-4-9(13)5-3-8/h2-5,7,10H,6H2,1H3,(H,14,15,16)/t10-/m0/s1. The normalized spacial score (nSPS) is 12.1. The maximum atomic E-state index is 12.8. The molecule has 100 valence electrons. The largest absolute Gasteiger partial charge is 0.468 e. The molecule has 0 aliphatic heterocycles. The highest BCUT2D eigenvalue weighted by molar-refractivity contribution is 8.00. The topological polar surface area (TPSA) is 67.9 Å². The average Bonchev–Trinajstić information content (AvgIpc) is 2.92. The Labute approximate surface area is 113 Å². The number of aromatic amines is 1. The van der Waals surface area contributed by atoms with Gasteiger partial charge < -0.3 is 4.74 Å². The summed E-state index contributed by atoms with van der Waals surface area (Å²) in [5, 5.41) is 6.48. The zero-order valence-electron chi connectivity index (χ0n) is 10.2. The molecule has 19 heavy (non-hydrogen) atoms. The van der Waals surface area contributed by atoms with E-state index in [1.165, 1.54) is 37.3 Å². The van der Waals surface area contributed by atoms with Crippen molar-refractivity contribution in [3.63, 3.8) is 0 Å². The summed E-state index contributed by atoms with van der Waals surface area (Å²) in [5.74, 6) is -0.660. The third-order valence-corrected chi connectivity index (χ3v) is 3.51. The Morgan fingerprint density at radius 2 is 2.21 bits per heavy atom. The fourth-order valence-electron chi connectivity index (χ4n) is 1.52. The number of benzene rings is 1. The van der Waals surface area contributed by atoms with Gasteiger partial charge in [-0.15, -0.1) is 0 Å². The lowest BCUT2D eigenvalue weighted by atomic mass is 10.1. The molecule has 0 fully saturated rings. The molecular formula is C12H12FN3O2S. The molecular weight excluding hydrogens is 269 g/mol. The third-order valence-electron chi connectivity index (χ3n) is 2.45. The average molecular weight is 281 g/mol. The number of halogens is 1. The Bertz CT molecular complexity index is 530. The van der Waals surface area contributed by atoms with Gasteiger partial charge in [-0.25, -0.2) is 9.37 Å². The highest BCUT2D eigenvalue weighted by Gasteiger charge is 2.22. The summed E-state index contributed by atoms with van der Waals surface area (Å²) in [7, 11) is 1.33. The molecule has 5 nitrogen and oxygen atoms in total. The van der Waals surface area contributed by atoms with Crippen LogP contribution in [-0.4, -0.2) is 33.5 Å². The van der Waals surface area contributed by atoms with E-state index in [2.05, 4.69) is 15.2 Å². The monoisotopic (exact) mass is 281 g/mol. The first-order chi connectivity index (χ1) is 9.19. The first-order valence-electron chi connectivity index (χ1n) is 5.53. The minimum Gasteiger partial charge on any atom is -0.468 e. The van der Waals surface area contributed by atoms with Crippen molar-refractivity contribution in [1.82, 2.24) is 15.2 Å². The van der Waals surface area contributed by atoms with Crippen molar-refractivity contribution >= 4 is 17.7 Å². The van der Waals surface area contributed by atoms with Crippen molar-refractivity contribution in [2.24, 2.45) is 0 Å². The molecule has 0 saturated heterocycles. The van der Waals surface area contributed by atoms with Crippen molar-refractivity contribution in [2.45, 2.75) is 16.8 Å². The van der Waals surface area contributed by atoms with Crippen LogP contribution in [0.4, 0.5) is 4.39 Å². The molecule has 1 heterocycles. The number of hydrogen-bond donors (Lipinski definition) is 1. The number of rotatable bonds is 5. The Morgan fingerprint density at radius 3 is 2.79 bits per heavy atom. The molecule has 1 aromatic heterocycles. The fraction of sp³-hybridized carbons (Fsp3) is 0.250. The summed E-state index contributed by atoms with van der Waals surface area (Å²) in [5.41, 5.74) is 0.851. The van der Waals surface area contributed by atoms with Crippen molar-refractivity contribution in [2.75, 3.05) is 7.11 Å². The quantitative estimate of drug-likeness (QED) is 0.669. The number of thioether (sulfide) groups is 1. The van der Waals surface area contributed by atoms with Crippen molar-refractivity contribution in [1.29, 1.82) is 0 Å². The second-order valence-electron chi connectivity index (χ2n) is 3.75.